The number of morpholine rings is 1. The molecule has 1 fully saturated rings. The maximum atomic E-state index is 5.85. The van der Waals surface area contributed by atoms with Gasteiger partial charge in [-0.1, -0.05) is 30.3 Å². The van der Waals surface area contributed by atoms with Gasteiger partial charge in [0, 0.05) is 19.6 Å². The minimum atomic E-state index is 0.774. The first-order valence-corrected chi connectivity index (χ1v) is 7.33. The van der Waals surface area contributed by atoms with Gasteiger partial charge >= 0.3 is 0 Å². The van der Waals surface area contributed by atoms with Crippen molar-refractivity contribution in [3.05, 3.63) is 42.5 Å². The summed E-state index contributed by atoms with van der Waals surface area (Å²) in [6.07, 6.45) is 1.06. The summed E-state index contributed by atoms with van der Waals surface area (Å²) in [7, 11) is 0. The van der Waals surface area contributed by atoms with Crippen LogP contribution in [-0.4, -0.2) is 44.4 Å². The zero-order valence-electron chi connectivity index (χ0n) is 11.8. The number of ether oxygens (including phenoxy) is 2. The van der Waals surface area contributed by atoms with Crippen molar-refractivity contribution in [2.75, 3.05) is 39.5 Å². The van der Waals surface area contributed by atoms with Gasteiger partial charge in [0.1, 0.15) is 5.75 Å². The molecular weight excluding hydrogens is 250 g/mol. The zero-order valence-corrected chi connectivity index (χ0v) is 11.8. The van der Waals surface area contributed by atoms with Crippen LogP contribution in [0.25, 0.3) is 10.8 Å². The molecule has 0 amide bonds. The SMILES string of the molecule is c1ccc2cc(OCCCN3CCOCC3)ccc2c1. The Labute approximate surface area is 120 Å². The molecule has 1 aliphatic heterocycles. The third kappa shape index (κ3) is 3.50. The second kappa shape index (κ2) is 6.73. The van der Waals surface area contributed by atoms with Crippen molar-refractivity contribution in [2.45, 2.75) is 6.42 Å². The van der Waals surface area contributed by atoms with Gasteiger partial charge in [-0.2, -0.15) is 0 Å². The molecule has 1 heterocycles. The molecule has 1 saturated heterocycles. The van der Waals surface area contributed by atoms with Crippen molar-refractivity contribution < 1.29 is 9.47 Å². The molecule has 0 bridgehead atoms. The Morgan fingerprint density at radius 2 is 1.80 bits per heavy atom. The van der Waals surface area contributed by atoms with Crippen molar-refractivity contribution >= 4 is 10.8 Å². The first kappa shape index (κ1) is 13.4. The highest BCUT2D eigenvalue weighted by atomic mass is 16.5. The molecule has 0 N–H and O–H groups in total. The summed E-state index contributed by atoms with van der Waals surface area (Å²) in [4.78, 5) is 2.44. The summed E-state index contributed by atoms with van der Waals surface area (Å²) >= 11 is 0. The molecule has 0 unspecified atom stereocenters. The van der Waals surface area contributed by atoms with Gasteiger partial charge in [-0.3, -0.25) is 4.90 Å². The molecule has 3 heteroatoms. The van der Waals surface area contributed by atoms with Crippen LogP contribution in [0.4, 0.5) is 0 Å². The lowest BCUT2D eigenvalue weighted by atomic mass is 10.1. The maximum Gasteiger partial charge on any atom is 0.119 e. The van der Waals surface area contributed by atoms with Gasteiger partial charge in [0.2, 0.25) is 0 Å². The van der Waals surface area contributed by atoms with Crippen LogP contribution in [0.5, 0.6) is 5.75 Å². The molecule has 0 saturated carbocycles. The molecule has 0 aromatic heterocycles. The van der Waals surface area contributed by atoms with Crippen molar-refractivity contribution in [1.82, 2.24) is 4.90 Å². The van der Waals surface area contributed by atoms with E-state index in [2.05, 4.69) is 47.4 Å². The van der Waals surface area contributed by atoms with Crippen LogP contribution >= 0.6 is 0 Å². The van der Waals surface area contributed by atoms with Crippen molar-refractivity contribution in [3.8, 4) is 5.75 Å². The van der Waals surface area contributed by atoms with E-state index in [1.54, 1.807) is 0 Å². The van der Waals surface area contributed by atoms with Gasteiger partial charge in [-0.05, 0) is 29.3 Å². The van der Waals surface area contributed by atoms with Gasteiger partial charge in [0.15, 0.2) is 0 Å². The Bertz CT molecular complexity index is 549. The molecule has 20 heavy (non-hydrogen) atoms. The summed E-state index contributed by atoms with van der Waals surface area (Å²) in [6, 6.07) is 14.6. The average molecular weight is 271 g/mol. The number of nitrogens with zero attached hydrogens (tertiary/aromatic N) is 1. The first-order chi connectivity index (χ1) is 9.92. The Morgan fingerprint density at radius 1 is 1.00 bits per heavy atom. The number of benzene rings is 2. The minimum Gasteiger partial charge on any atom is -0.494 e. The molecule has 2 aromatic rings. The number of hydrogen-bond acceptors (Lipinski definition) is 3. The lowest BCUT2D eigenvalue weighted by Gasteiger charge is -2.26. The second-order valence-corrected chi connectivity index (χ2v) is 5.16. The Morgan fingerprint density at radius 3 is 2.65 bits per heavy atom. The van der Waals surface area contributed by atoms with E-state index in [1.165, 1.54) is 10.8 Å². The van der Waals surface area contributed by atoms with E-state index < -0.39 is 0 Å². The normalized spacial score (nSPS) is 16.4. The minimum absolute atomic E-state index is 0.774. The van der Waals surface area contributed by atoms with E-state index in [0.717, 1.165) is 51.6 Å². The van der Waals surface area contributed by atoms with Crippen LogP contribution in [0.2, 0.25) is 0 Å². The predicted octanol–water partition coefficient (Wildman–Crippen LogP) is 2.94. The average Bonchev–Trinajstić information content (AvgIpc) is 2.52. The van der Waals surface area contributed by atoms with Crippen LogP contribution in [0, 0.1) is 0 Å². The molecule has 1 aliphatic rings. The Kier molecular flexibility index (Phi) is 4.51. The van der Waals surface area contributed by atoms with E-state index in [1.807, 2.05) is 0 Å². The van der Waals surface area contributed by atoms with Gasteiger partial charge in [0.25, 0.3) is 0 Å². The summed E-state index contributed by atoms with van der Waals surface area (Å²) in [6.45, 7) is 5.70. The van der Waals surface area contributed by atoms with Crippen LogP contribution < -0.4 is 4.74 Å². The van der Waals surface area contributed by atoms with Crippen molar-refractivity contribution in [3.63, 3.8) is 0 Å². The smallest absolute Gasteiger partial charge is 0.119 e. The van der Waals surface area contributed by atoms with Crippen LogP contribution in [0.15, 0.2) is 42.5 Å². The Balaban J connectivity index is 1.47. The van der Waals surface area contributed by atoms with Gasteiger partial charge in [-0.15, -0.1) is 0 Å². The van der Waals surface area contributed by atoms with Crippen molar-refractivity contribution in [1.29, 1.82) is 0 Å². The lowest BCUT2D eigenvalue weighted by molar-refractivity contribution is 0.0358. The highest BCUT2D eigenvalue weighted by Crippen LogP contribution is 2.20. The zero-order chi connectivity index (χ0) is 13.6. The third-order valence-corrected chi connectivity index (χ3v) is 3.71. The van der Waals surface area contributed by atoms with Gasteiger partial charge < -0.3 is 9.47 Å². The highest BCUT2D eigenvalue weighted by Gasteiger charge is 2.09. The lowest BCUT2D eigenvalue weighted by Crippen LogP contribution is -2.37. The van der Waals surface area contributed by atoms with Crippen LogP contribution in [0.1, 0.15) is 6.42 Å². The Hall–Kier alpha value is -1.58. The first-order valence-electron chi connectivity index (χ1n) is 7.33. The van der Waals surface area contributed by atoms with E-state index in [4.69, 9.17) is 9.47 Å². The van der Waals surface area contributed by atoms with E-state index >= 15 is 0 Å². The second-order valence-electron chi connectivity index (χ2n) is 5.16. The molecule has 106 valence electrons. The number of rotatable bonds is 5. The van der Waals surface area contributed by atoms with Gasteiger partial charge in [-0.25, -0.2) is 0 Å². The molecule has 3 nitrogen and oxygen atoms in total. The van der Waals surface area contributed by atoms with E-state index in [-0.39, 0.29) is 0 Å². The van der Waals surface area contributed by atoms with Crippen LogP contribution in [-0.2, 0) is 4.74 Å². The summed E-state index contributed by atoms with van der Waals surface area (Å²) < 4.78 is 11.2. The standard InChI is InChI=1S/C17H21NO2/c1-2-5-16-14-17(7-6-15(16)4-1)20-11-3-8-18-9-12-19-13-10-18/h1-2,4-7,14H,3,8-13H2. The molecule has 0 radical (unpaired) electrons. The summed E-state index contributed by atoms with van der Waals surface area (Å²) in [5.74, 6) is 0.964. The fraction of sp³-hybridized carbons (Fsp3) is 0.412. The largest absolute Gasteiger partial charge is 0.494 e. The topological polar surface area (TPSA) is 21.7 Å². The van der Waals surface area contributed by atoms with E-state index in [9.17, 15) is 0 Å². The fourth-order valence-corrected chi connectivity index (χ4v) is 2.56. The number of hydrogen-bond donors (Lipinski definition) is 0. The molecule has 0 spiro atoms. The maximum absolute atomic E-state index is 5.85. The molecule has 3 rings (SSSR count). The monoisotopic (exact) mass is 271 g/mol. The summed E-state index contributed by atoms with van der Waals surface area (Å²) in [5.41, 5.74) is 0. The highest BCUT2D eigenvalue weighted by molar-refractivity contribution is 5.83. The molecule has 0 atom stereocenters. The molecule has 0 aliphatic carbocycles. The predicted molar refractivity (Wildman–Crippen MR) is 81.3 cm³/mol. The summed E-state index contributed by atoms with van der Waals surface area (Å²) in [5, 5.41) is 2.49. The fourth-order valence-electron chi connectivity index (χ4n) is 2.56. The third-order valence-electron chi connectivity index (χ3n) is 3.71. The van der Waals surface area contributed by atoms with Gasteiger partial charge in [0.05, 0.1) is 19.8 Å². The van der Waals surface area contributed by atoms with Crippen molar-refractivity contribution in [2.24, 2.45) is 0 Å². The quantitative estimate of drug-likeness (QED) is 0.780. The molecular formula is C17H21NO2. The number of fused-ring (bicyclic) bond motifs is 1. The van der Waals surface area contributed by atoms with Crippen LogP contribution in [0.3, 0.4) is 0 Å². The van der Waals surface area contributed by atoms with E-state index in [0.29, 0.717) is 0 Å². The molecule has 2 aromatic carbocycles.